The first kappa shape index (κ1) is 18.2. The van der Waals surface area contributed by atoms with Gasteiger partial charge >= 0.3 is 0 Å². The molecule has 3 heterocycles. The zero-order valence-electron chi connectivity index (χ0n) is 14.5. The Labute approximate surface area is 153 Å². The smallest absolute Gasteiger partial charge is 0.271 e. The molecule has 136 valence electrons. The van der Waals surface area contributed by atoms with Gasteiger partial charge in [0.1, 0.15) is 30.1 Å². The third-order valence-corrected chi connectivity index (χ3v) is 3.87. The van der Waals surface area contributed by atoms with Crippen molar-refractivity contribution < 1.29 is 13.5 Å². The Bertz CT molecular complexity index is 1120. The van der Waals surface area contributed by atoms with E-state index in [4.69, 9.17) is 11.3 Å². The van der Waals surface area contributed by atoms with Crippen molar-refractivity contribution in [2.45, 2.75) is 20.5 Å². The van der Waals surface area contributed by atoms with Crippen LogP contribution in [0.25, 0.3) is 10.5 Å². The Hall–Kier alpha value is -3.60. The summed E-state index contributed by atoms with van der Waals surface area (Å²) in [5, 5.41) is 0. The molecule has 8 heteroatoms. The number of pyridine rings is 3. The Morgan fingerprint density at radius 3 is 2.59 bits per heavy atom. The van der Waals surface area contributed by atoms with Gasteiger partial charge in [0.05, 0.1) is 6.20 Å². The summed E-state index contributed by atoms with van der Waals surface area (Å²) >= 11 is 0. The number of hydrogen-bond acceptors (Lipinski definition) is 4. The van der Waals surface area contributed by atoms with Crippen LogP contribution in [0.4, 0.5) is 14.6 Å². The maximum absolute atomic E-state index is 13.6. The van der Waals surface area contributed by atoms with Crippen molar-refractivity contribution >= 4 is 5.82 Å². The summed E-state index contributed by atoms with van der Waals surface area (Å²) < 4.78 is 33.4. The van der Waals surface area contributed by atoms with Gasteiger partial charge in [-0.2, -0.15) is 0 Å². The lowest BCUT2D eigenvalue weighted by Gasteiger charge is -2.14. The van der Waals surface area contributed by atoms with Crippen molar-refractivity contribution in [1.82, 2.24) is 14.5 Å². The van der Waals surface area contributed by atoms with Crippen molar-refractivity contribution in [3.8, 4) is 11.4 Å². The molecule has 0 fully saturated rings. The molecule has 3 aromatic rings. The maximum Gasteiger partial charge on any atom is 0.271 e. The number of rotatable bonds is 4. The number of halogens is 2. The molecular weight excluding hydrogens is 354 g/mol. The quantitative estimate of drug-likeness (QED) is 0.660. The number of hydrogen-bond donors (Lipinski definition) is 0. The number of aromatic nitrogens is 3. The second kappa shape index (κ2) is 7.33. The highest BCUT2D eigenvalue weighted by atomic mass is 19.1. The van der Waals surface area contributed by atoms with Crippen molar-refractivity contribution in [3.63, 3.8) is 0 Å². The lowest BCUT2D eigenvalue weighted by Crippen LogP contribution is -2.21. The molecule has 6 nitrogen and oxygen atoms in total. The molecule has 0 N–H and O–H groups in total. The maximum atomic E-state index is 13.6. The largest absolute Gasteiger partial charge is 0.487 e. The molecule has 0 aliphatic heterocycles. The van der Waals surface area contributed by atoms with Crippen molar-refractivity contribution in [1.29, 1.82) is 0 Å². The fourth-order valence-corrected chi connectivity index (χ4v) is 2.57. The average Bonchev–Trinajstić information content (AvgIpc) is 2.62. The van der Waals surface area contributed by atoms with Gasteiger partial charge in [-0.05, 0) is 19.9 Å². The molecule has 0 aromatic carbocycles. The summed E-state index contributed by atoms with van der Waals surface area (Å²) in [6.45, 7) is 10.3. The standard InChI is InChI=1S/C19H14F2N4O2/c1-11-8-24-18(22-3)7-17(11)25-12(2)4-14(6-19(25)26)27-10-16-15(21)5-13(20)9-23-16/h4-9H,10H2,1-2H3. The van der Waals surface area contributed by atoms with Crippen molar-refractivity contribution in [2.24, 2.45) is 0 Å². The Morgan fingerprint density at radius 2 is 1.93 bits per heavy atom. The normalized spacial score (nSPS) is 10.5. The van der Waals surface area contributed by atoms with E-state index in [1.165, 1.54) is 22.9 Å². The second-order valence-corrected chi connectivity index (χ2v) is 5.82. The van der Waals surface area contributed by atoms with Crippen LogP contribution >= 0.6 is 0 Å². The van der Waals surface area contributed by atoms with E-state index in [0.717, 1.165) is 17.8 Å². The topological polar surface area (TPSA) is 61.4 Å². The van der Waals surface area contributed by atoms with Crippen LogP contribution in [0, 0.1) is 32.1 Å². The molecule has 3 aromatic heterocycles. The van der Waals surface area contributed by atoms with Crippen LogP contribution in [-0.4, -0.2) is 14.5 Å². The highest BCUT2D eigenvalue weighted by Crippen LogP contribution is 2.21. The lowest BCUT2D eigenvalue weighted by atomic mass is 10.2. The fourth-order valence-electron chi connectivity index (χ4n) is 2.57. The second-order valence-electron chi connectivity index (χ2n) is 5.82. The van der Waals surface area contributed by atoms with E-state index >= 15 is 0 Å². The summed E-state index contributed by atoms with van der Waals surface area (Å²) in [4.78, 5) is 23.5. The minimum atomic E-state index is -0.820. The molecule has 0 amide bonds. The van der Waals surface area contributed by atoms with E-state index in [1.807, 2.05) is 0 Å². The van der Waals surface area contributed by atoms with E-state index in [9.17, 15) is 13.6 Å². The molecule has 0 unspecified atom stereocenters. The molecule has 0 atom stereocenters. The highest BCUT2D eigenvalue weighted by Gasteiger charge is 2.12. The number of nitrogens with zero attached hydrogens (tertiary/aromatic N) is 4. The predicted molar refractivity (Wildman–Crippen MR) is 94.1 cm³/mol. The van der Waals surface area contributed by atoms with E-state index in [-0.39, 0.29) is 29.4 Å². The van der Waals surface area contributed by atoms with Crippen LogP contribution in [0.3, 0.4) is 0 Å². The van der Waals surface area contributed by atoms with Gasteiger partial charge in [-0.15, -0.1) is 4.98 Å². The minimum absolute atomic E-state index is 0.0649. The Morgan fingerprint density at radius 1 is 1.15 bits per heavy atom. The lowest BCUT2D eigenvalue weighted by molar-refractivity contribution is 0.292. The molecule has 0 saturated carbocycles. The van der Waals surface area contributed by atoms with Gasteiger partial charge in [-0.1, -0.05) is 6.57 Å². The molecule has 0 saturated heterocycles. The summed E-state index contributed by atoms with van der Waals surface area (Å²) in [5.41, 5.74) is 1.41. The van der Waals surface area contributed by atoms with Gasteiger partial charge in [0, 0.05) is 35.1 Å². The van der Waals surface area contributed by atoms with Gasteiger partial charge in [-0.25, -0.2) is 8.78 Å². The summed E-state index contributed by atoms with van der Waals surface area (Å²) in [5.74, 6) is -1.18. The molecule has 3 rings (SSSR count). The van der Waals surface area contributed by atoms with Gasteiger partial charge < -0.3 is 9.58 Å². The zero-order valence-corrected chi connectivity index (χ0v) is 14.5. The SMILES string of the molecule is [C-]#[N+]c1cc(-n2c(C)cc(OCc3ncc(F)cc3F)cc2=O)c(C)cn1. The van der Waals surface area contributed by atoms with Gasteiger partial charge in [0.25, 0.3) is 11.4 Å². The van der Waals surface area contributed by atoms with Crippen LogP contribution in [0.15, 0.2) is 41.5 Å². The van der Waals surface area contributed by atoms with Crippen molar-refractivity contribution in [2.75, 3.05) is 0 Å². The predicted octanol–water partition coefficient (Wildman–Crippen LogP) is 3.65. The van der Waals surface area contributed by atoms with Crippen LogP contribution in [0.2, 0.25) is 0 Å². The van der Waals surface area contributed by atoms with Gasteiger partial charge in [0.2, 0.25) is 0 Å². The van der Waals surface area contributed by atoms with E-state index in [1.54, 1.807) is 19.9 Å². The summed E-state index contributed by atoms with van der Waals surface area (Å²) in [6.07, 6.45) is 2.42. The molecule has 0 aliphatic rings. The fraction of sp³-hybridized carbons (Fsp3) is 0.158. The van der Waals surface area contributed by atoms with E-state index in [0.29, 0.717) is 11.4 Å². The minimum Gasteiger partial charge on any atom is -0.487 e. The van der Waals surface area contributed by atoms with E-state index in [2.05, 4.69) is 14.8 Å². The third-order valence-electron chi connectivity index (χ3n) is 3.87. The molecule has 27 heavy (non-hydrogen) atoms. The summed E-state index contributed by atoms with van der Waals surface area (Å²) in [6, 6.07) is 5.12. The molecule has 0 spiro atoms. The van der Waals surface area contributed by atoms with Crippen LogP contribution in [0.1, 0.15) is 17.0 Å². The first-order valence-corrected chi connectivity index (χ1v) is 7.90. The Balaban J connectivity index is 1.92. The molecule has 0 bridgehead atoms. The highest BCUT2D eigenvalue weighted by molar-refractivity contribution is 5.51. The van der Waals surface area contributed by atoms with Crippen LogP contribution in [0.5, 0.6) is 5.75 Å². The first-order valence-electron chi connectivity index (χ1n) is 7.90. The monoisotopic (exact) mass is 368 g/mol. The molecule has 0 aliphatic carbocycles. The number of ether oxygens (including phenoxy) is 1. The van der Waals surface area contributed by atoms with E-state index < -0.39 is 11.6 Å². The first-order chi connectivity index (χ1) is 12.9. The Kier molecular flexibility index (Phi) is 4.94. The third kappa shape index (κ3) is 3.82. The van der Waals surface area contributed by atoms with Crippen LogP contribution in [-0.2, 0) is 6.61 Å². The summed E-state index contributed by atoms with van der Waals surface area (Å²) in [7, 11) is 0. The van der Waals surface area contributed by atoms with Crippen LogP contribution < -0.4 is 10.3 Å². The van der Waals surface area contributed by atoms with Gasteiger partial charge in [-0.3, -0.25) is 14.3 Å². The van der Waals surface area contributed by atoms with Crippen molar-refractivity contribution in [3.05, 3.63) is 87.0 Å². The zero-order chi connectivity index (χ0) is 19.6. The average molecular weight is 368 g/mol. The number of aryl methyl sites for hydroxylation is 2. The molecular formula is C19H14F2N4O2. The molecule has 0 radical (unpaired) electrons. The van der Waals surface area contributed by atoms with Gasteiger partial charge in [0.15, 0.2) is 5.82 Å².